The Morgan fingerprint density at radius 2 is 1.55 bits per heavy atom. The lowest BCUT2D eigenvalue weighted by molar-refractivity contribution is 0.148. The van der Waals surface area contributed by atoms with Gasteiger partial charge in [-0.2, -0.15) is 4.98 Å². The molecule has 1 aromatic heterocycles. The number of hydrogen-bond donors (Lipinski definition) is 1. The number of nitrogens with zero attached hydrogens (tertiary/aromatic N) is 4. The van der Waals surface area contributed by atoms with Gasteiger partial charge in [-0.3, -0.25) is 4.90 Å². The van der Waals surface area contributed by atoms with E-state index in [1.54, 1.807) is 6.07 Å². The maximum Gasteiger partial charge on any atom is 0.229 e. The first-order valence-electron chi connectivity index (χ1n) is 11.1. The third-order valence-corrected chi connectivity index (χ3v) is 6.84. The second kappa shape index (κ2) is 9.19. The summed E-state index contributed by atoms with van der Waals surface area (Å²) in [6, 6.07) is 14.4. The average molecular weight is 456 g/mol. The lowest BCUT2D eigenvalue weighted by atomic mass is 9.94. The van der Waals surface area contributed by atoms with E-state index in [9.17, 15) is 0 Å². The maximum absolute atomic E-state index is 6.16. The highest BCUT2D eigenvalue weighted by molar-refractivity contribution is 6.35. The zero-order valence-corrected chi connectivity index (χ0v) is 19.0. The van der Waals surface area contributed by atoms with Crippen LogP contribution < -0.4 is 10.2 Å². The minimum atomic E-state index is 0.557. The summed E-state index contributed by atoms with van der Waals surface area (Å²) in [5.41, 5.74) is 1.71. The van der Waals surface area contributed by atoms with Gasteiger partial charge < -0.3 is 10.2 Å². The number of anilines is 3. The summed E-state index contributed by atoms with van der Waals surface area (Å²) in [5.74, 6) is 1.55. The topological polar surface area (TPSA) is 44.3 Å². The smallest absolute Gasteiger partial charge is 0.229 e. The van der Waals surface area contributed by atoms with Crippen LogP contribution in [0.1, 0.15) is 32.1 Å². The second-order valence-electron chi connectivity index (χ2n) is 8.49. The van der Waals surface area contributed by atoms with Crippen LogP contribution in [0.2, 0.25) is 10.0 Å². The lowest BCUT2D eigenvalue weighted by Gasteiger charge is -2.41. The molecule has 2 aliphatic rings. The molecule has 2 heterocycles. The van der Waals surface area contributed by atoms with Gasteiger partial charge in [0.1, 0.15) is 5.82 Å². The zero-order chi connectivity index (χ0) is 21.2. The fourth-order valence-electron chi connectivity index (χ4n) is 4.86. The molecule has 0 unspecified atom stereocenters. The highest BCUT2D eigenvalue weighted by atomic mass is 35.5. The van der Waals surface area contributed by atoms with Gasteiger partial charge >= 0.3 is 0 Å². The van der Waals surface area contributed by atoms with Gasteiger partial charge in [0.2, 0.25) is 5.95 Å². The Kier molecular flexibility index (Phi) is 6.17. The van der Waals surface area contributed by atoms with Gasteiger partial charge in [-0.25, -0.2) is 4.98 Å². The summed E-state index contributed by atoms with van der Waals surface area (Å²) in [4.78, 5) is 14.7. The van der Waals surface area contributed by atoms with Gasteiger partial charge in [0.25, 0.3) is 0 Å². The van der Waals surface area contributed by atoms with Gasteiger partial charge in [0, 0.05) is 53.3 Å². The number of aromatic nitrogens is 2. The van der Waals surface area contributed by atoms with Crippen molar-refractivity contribution in [3.8, 4) is 0 Å². The van der Waals surface area contributed by atoms with E-state index in [2.05, 4.69) is 27.2 Å². The van der Waals surface area contributed by atoms with Gasteiger partial charge in [-0.05, 0) is 43.2 Å². The molecule has 1 N–H and O–H groups in total. The molecule has 3 aromatic rings. The van der Waals surface area contributed by atoms with E-state index in [0.717, 1.165) is 54.6 Å². The molecular formula is C24H27Cl2N5. The van der Waals surface area contributed by atoms with E-state index in [-0.39, 0.29) is 0 Å². The molecule has 1 saturated heterocycles. The minimum Gasteiger partial charge on any atom is -0.353 e. The molecule has 2 fully saturated rings. The molecule has 2 aromatic carbocycles. The van der Waals surface area contributed by atoms with Crippen molar-refractivity contribution in [2.24, 2.45) is 0 Å². The number of rotatable bonds is 4. The van der Waals surface area contributed by atoms with E-state index in [0.29, 0.717) is 16.0 Å². The third-order valence-electron chi connectivity index (χ3n) is 6.41. The molecule has 5 nitrogen and oxygen atoms in total. The summed E-state index contributed by atoms with van der Waals surface area (Å²) in [7, 11) is 0. The largest absolute Gasteiger partial charge is 0.353 e. The molecule has 1 aliphatic carbocycles. The Balaban J connectivity index is 1.40. The summed E-state index contributed by atoms with van der Waals surface area (Å²) in [6.07, 6.45) is 6.87. The number of fused-ring (bicyclic) bond motifs is 1. The standard InChI is InChI=1S/C24H27Cl2N5/c25-17-14-18(26)16-19(15-17)27-24-28-22-9-5-4-8-21(22)23(29-24)31-12-10-30(11-13-31)20-6-2-1-3-7-20/h4-5,8-9,14-16,20H,1-3,6-7,10-13H2,(H,27,28,29). The minimum absolute atomic E-state index is 0.557. The van der Waals surface area contributed by atoms with Crippen LogP contribution >= 0.6 is 23.2 Å². The fraction of sp³-hybridized carbons (Fsp3) is 0.417. The number of para-hydroxylation sites is 1. The molecule has 31 heavy (non-hydrogen) atoms. The van der Waals surface area contributed by atoms with Crippen LogP contribution in [0.3, 0.4) is 0 Å². The van der Waals surface area contributed by atoms with Gasteiger partial charge in [0.15, 0.2) is 0 Å². The predicted molar refractivity (Wildman–Crippen MR) is 130 cm³/mol. The van der Waals surface area contributed by atoms with Crippen molar-refractivity contribution in [1.82, 2.24) is 14.9 Å². The molecule has 7 heteroatoms. The van der Waals surface area contributed by atoms with Gasteiger partial charge in [-0.15, -0.1) is 0 Å². The van der Waals surface area contributed by atoms with Crippen LogP contribution in [-0.2, 0) is 0 Å². The summed E-state index contributed by atoms with van der Waals surface area (Å²) >= 11 is 12.3. The molecule has 0 bridgehead atoms. The molecule has 1 saturated carbocycles. The molecule has 1 aliphatic heterocycles. The molecule has 5 rings (SSSR count). The highest BCUT2D eigenvalue weighted by Gasteiger charge is 2.26. The van der Waals surface area contributed by atoms with Crippen molar-refractivity contribution in [2.45, 2.75) is 38.1 Å². The maximum atomic E-state index is 6.16. The Labute approximate surface area is 193 Å². The Morgan fingerprint density at radius 3 is 2.29 bits per heavy atom. The fourth-order valence-corrected chi connectivity index (χ4v) is 5.38. The monoisotopic (exact) mass is 455 g/mol. The van der Waals surface area contributed by atoms with Gasteiger partial charge in [0.05, 0.1) is 5.52 Å². The van der Waals surface area contributed by atoms with Crippen LogP contribution in [0.5, 0.6) is 0 Å². The Morgan fingerprint density at radius 1 is 0.839 bits per heavy atom. The number of nitrogens with one attached hydrogen (secondary N) is 1. The first-order valence-corrected chi connectivity index (χ1v) is 11.9. The van der Waals surface area contributed by atoms with Crippen molar-refractivity contribution in [3.05, 3.63) is 52.5 Å². The molecule has 0 atom stereocenters. The van der Waals surface area contributed by atoms with E-state index in [4.69, 9.17) is 33.2 Å². The summed E-state index contributed by atoms with van der Waals surface area (Å²) in [5, 5.41) is 5.53. The number of hydrogen-bond acceptors (Lipinski definition) is 5. The zero-order valence-electron chi connectivity index (χ0n) is 17.5. The van der Waals surface area contributed by atoms with E-state index in [1.807, 2.05) is 24.3 Å². The van der Waals surface area contributed by atoms with Crippen LogP contribution in [0, 0.1) is 0 Å². The van der Waals surface area contributed by atoms with Crippen molar-refractivity contribution in [1.29, 1.82) is 0 Å². The third kappa shape index (κ3) is 4.74. The molecule has 0 radical (unpaired) electrons. The van der Waals surface area contributed by atoms with E-state index < -0.39 is 0 Å². The lowest BCUT2D eigenvalue weighted by Crippen LogP contribution is -2.51. The van der Waals surface area contributed by atoms with Crippen LogP contribution in [0.15, 0.2) is 42.5 Å². The molecule has 162 valence electrons. The van der Waals surface area contributed by atoms with E-state index >= 15 is 0 Å². The van der Waals surface area contributed by atoms with Crippen molar-refractivity contribution < 1.29 is 0 Å². The second-order valence-corrected chi connectivity index (χ2v) is 9.36. The number of piperazine rings is 1. The summed E-state index contributed by atoms with van der Waals surface area (Å²) in [6.45, 7) is 4.16. The first kappa shape index (κ1) is 20.8. The number of benzene rings is 2. The summed E-state index contributed by atoms with van der Waals surface area (Å²) < 4.78 is 0. The average Bonchev–Trinajstić information content (AvgIpc) is 2.79. The molecule has 0 amide bonds. The highest BCUT2D eigenvalue weighted by Crippen LogP contribution is 2.30. The van der Waals surface area contributed by atoms with Crippen molar-refractivity contribution in [2.75, 3.05) is 36.4 Å². The number of halogens is 2. The van der Waals surface area contributed by atoms with E-state index in [1.165, 1.54) is 32.1 Å². The Hall–Kier alpha value is -2.08. The van der Waals surface area contributed by atoms with Crippen molar-refractivity contribution in [3.63, 3.8) is 0 Å². The van der Waals surface area contributed by atoms with Crippen LogP contribution in [0.25, 0.3) is 10.9 Å². The van der Waals surface area contributed by atoms with Crippen LogP contribution in [0.4, 0.5) is 17.5 Å². The SMILES string of the molecule is Clc1cc(Cl)cc(Nc2nc(N3CCN(C4CCCCC4)CC3)c3ccccc3n2)c1. The normalized spacial score (nSPS) is 18.5. The molecule has 0 spiro atoms. The van der Waals surface area contributed by atoms with Gasteiger partial charge in [-0.1, -0.05) is 54.6 Å². The quantitative estimate of drug-likeness (QED) is 0.511. The predicted octanol–water partition coefficient (Wildman–Crippen LogP) is 6.13. The first-order chi connectivity index (χ1) is 15.2. The van der Waals surface area contributed by atoms with Crippen molar-refractivity contribution >= 4 is 51.6 Å². The molecular weight excluding hydrogens is 429 g/mol. The van der Waals surface area contributed by atoms with Crippen LogP contribution in [-0.4, -0.2) is 47.1 Å². The Bertz CT molecular complexity index is 1040.